The molecule has 6 heteroatoms. The molecule has 360 valence electrons. The second-order valence-corrected chi connectivity index (χ2v) is 17.1. The van der Waals surface area contributed by atoms with Gasteiger partial charge >= 0.3 is 17.9 Å². The molecule has 0 saturated carbocycles. The molecular weight excluding hydrogens is 781 g/mol. The lowest BCUT2D eigenvalue weighted by Crippen LogP contribution is -2.30. The predicted octanol–water partition coefficient (Wildman–Crippen LogP) is 17.2. The first-order chi connectivity index (χ1) is 31.0. The molecule has 0 N–H and O–H groups in total. The summed E-state index contributed by atoms with van der Waals surface area (Å²) in [6, 6.07) is 0. The number of carbonyl (C=O) groups is 3. The summed E-state index contributed by atoms with van der Waals surface area (Å²) in [7, 11) is 0. The van der Waals surface area contributed by atoms with Crippen molar-refractivity contribution in [2.45, 2.75) is 245 Å². The van der Waals surface area contributed by atoms with Crippen LogP contribution < -0.4 is 0 Å². The van der Waals surface area contributed by atoms with E-state index in [1.165, 1.54) is 128 Å². The second-order valence-electron chi connectivity index (χ2n) is 17.1. The number of carbonyl (C=O) groups excluding carboxylic acids is 3. The highest BCUT2D eigenvalue weighted by Crippen LogP contribution is 2.14. The Kier molecular flexibility index (Phi) is 48.5. The molecule has 0 radical (unpaired) electrons. The Bertz CT molecular complexity index is 1240. The second kappa shape index (κ2) is 51.2. The average molecular weight is 877 g/mol. The van der Waals surface area contributed by atoms with Crippen molar-refractivity contribution in [2.75, 3.05) is 13.2 Å². The molecule has 63 heavy (non-hydrogen) atoms. The van der Waals surface area contributed by atoms with E-state index in [0.717, 1.165) is 57.8 Å². The van der Waals surface area contributed by atoms with Crippen LogP contribution in [0.3, 0.4) is 0 Å². The minimum atomic E-state index is -0.820. The molecule has 1 atom stereocenters. The summed E-state index contributed by atoms with van der Waals surface area (Å²) in [5.74, 6) is -1.03. The van der Waals surface area contributed by atoms with Crippen LogP contribution in [0.2, 0.25) is 0 Å². The van der Waals surface area contributed by atoms with Gasteiger partial charge in [-0.3, -0.25) is 14.4 Å². The molecule has 0 aromatic heterocycles. The first-order valence-electron chi connectivity index (χ1n) is 26.1. The summed E-state index contributed by atoms with van der Waals surface area (Å²) in [6.45, 7) is 6.40. The van der Waals surface area contributed by atoms with Gasteiger partial charge in [-0.25, -0.2) is 0 Å². The van der Waals surface area contributed by atoms with Gasteiger partial charge in [0, 0.05) is 19.3 Å². The van der Waals surface area contributed by atoms with Gasteiger partial charge in [0.05, 0.1) is 0 Å². The van der Waals surface area contributed by atoms with Gasteiger partial charge in [-0.05, 0) is 83.5 Å². The van der Waals surface area contributed by atoms with Crippen LogP contribution in [0.15, 0.2) is 85.1 Å². The average Bonchev–Trinajstić information content (AvgIpc) is 3.28. The Morgan fingerprint density at radius 1 is 0.349 bits per heavy atom. The fourth-order valence-corrected chi connectivity index (χ4v) is 7.03. The van der Waals surface area contributed by atoms with E-state index in [4.69, 9.17) is 14.2 Å². The minimum absolute atomic E-state index is 0.112. The Morgan fingerprint density at radius 3 is 1.22 bits per heavy atom. The summed E-state index contributed by atoms with van der Waals surface area (Å²) >= 11 is 0. The lowest BCUT2D eigenvalue weighted by atomic mass is 10.1. The summed E-state index contributed by atoms with van der Waals surface area (Å²) in [5.41, 5.74) is 0. The van der Waals surface area contributed by atoms with Crippen LogP contribution in [-0.4, -0.2) is 37.2 Å². The molecule has 0 bridgehead atoms. The summed E-state index contributed by atoms with van der Waals surface area (Å²) in [6.07, 6.45) is 65.9. The molecule has 0 aliphatic carbocycles. The van der Waals surface area contributed by atoms with Gasteiger partial charge in [0.2, 0.25) is 0 Å². The Balaban J connectivity index is 4.45. The van der Waals surface area contributed by atoms with Crippen LogP contribution >= 0.6 is 0 Å². The molecule has 0 spiro atoms. The fraction of sp³-hybridized carbons (Fsp3) is 0.702. The first kappa shape index (κ1) is 59.6. The number of esters is 3. The van der Waals surface area contributed by atoms with Crippen molar-refractivity contribution in [1.82, 2.24) is 0 Å². The monoisotopic (exact) mass is 877 g/mol. The van der Waals surface area contributed by atoms with E-state index in [9.17, 15) is 14.4 Å². The van der Waals surface area contributed by atoms with Gasteiger partial charge in [0.25, 0.3) is 0 Å². The largest absolute Gasteiger partial charge is 0.462 e. The maximum absolute atomic E-state index is 12.8. The van der Waals surface area contributed by atoms with E-state index in [2.05, 4.69) is 63.3 Å². The molecule has 1 unspecified atom stereocenters. The molecule has 0 rings (SSSR count). The molecule has 0 amide bonds. The van der Waals surface area contributed by atoms with Crippen molar-refractivity contribution in [3.05, 3.63) is 85.1 Å². The summed E-state index contributed by atoms with van der Waals surface area (Å²) in [5, 5.41) is 0. The van der Waals surface area contributed by atoms with E-state index >= 15 is 0 Å². The molecule has 0 aliphatic rings. The highest BCUT2D eigenvalue weighted by Gasteiger charge is 2.19. The molecule has 0 fully saturated rings. The molecular formula is C57H96O6. The number of allylic oxidation sites excluding steroid dienone is 14. The number of rotatable bonds is 46. The quantitative estimate of drug-likeness (QED) is 0.0199. The third-order valence-corrected chi connectivity index (χ3v) is 11.0. The third kappa shape index (κ3) is 49.5. The molecule has 0 saturated heterocycles. The highest BCUT2D eigenvalue weighted by molar-refractivity contribution is 5.71. The van der Waals surface area contributed by atoms with Crippen molar-refractivity contribution >= 4 is 17.9 Å². The number of hydrogen-bond acceptors (Lipinski definition) is 6. The van der Waals surface area contributed by atoms with Crippen LogP contribution in [0, 0.1) is 0 Å². The smallest absolute Gasteiger partial charge is 0.306 e. The van der Waals surface area contributed by atoms with Gasteiger partial charge in [-0.1, -0.05) is 221 Å². The molecule has 6 nitrogen and oxygen atoms in total. The molecule has 0 aromatic carbocycles. The SMILES string of the molecule is CC\C=C/C=C\C=C/C=C\CCCCCC(=O)OC(COC(=O)CC/C=C\C/C=C\CCCCCCCC)COC(=O)CCCCCCCCC/C=C\CCCCCCCCCC. The highest BCUT2D eigenvalue weighted by atomic mass is 16.6. The van der Waals surface area contributed by atoms with Crippen LogP contribution in [0.1, 0.15) is 239 Å². The Morgan fingerprint density at radius 2 is 0.714 bits per heavy atom. The van der Waals surface area contributed by atoms with Crippen LogP contribution in [-0.2, 0) is 28.6 Å². The zero-order valence-electron chi connectivity index (χ0n) is 41.1. The lowest BCUT2D eigenvalue weighted by molar-refractivity contribution is -0.166. The third-order valence-electron chi connectivity index (χ3n) is 11.0. The van der Waals surface area contributed by atoms with Crippen molar-refractivity contribution in [1.29, 1.82) is 0 Å². The standard InChI is InChI=1S/C57H96O6/c1-4-7-10-13-16-19-22-25-26-27-28-29-30-33-35-38-41-44-47-50-56(59)62-53-54(63-57(60)51-48-45-42-39-36-32-24-21-18-15-12-9-6-3)52-61-55(58)49-46-43-40-37-34-31-23-20-17-14-11-8-5-2/h9,12,15,18,21,24,27-28,31-32,34,36,40,43,54H,4-8,10-11,13-14,16-17,19-20,22-23,25-26,29-30,33,35,37-39,41-42,44-53H2,1-3H3/b12-9-,18-15-,24-21-,28-27-,34-31-,36-32-,43-40-. The van der Waals surface area contributed by atoms with Crippen molar-refractivity contribution in [3.63, 3.8) is 0 Å². The van der Waals surface area contributed by atoms with Gasteiger partial charge in [0.1, 0.15) is 13.2 Å². The summed E-state index contributed by atoms with van der Waals surface area (Å²) < 4.78 is 16.7. The minimum Gasteiger partial charge on any atom is -0.462 e. The molecule has 0 aromatic rings. The Hall–Kier alpha value is -3.41. The van der Waals surface area contributed by atoms with E-state index < -0.39 is 6.10 Å². The van der Waals surface area contributed by atoms with Gasteiger partial charge < -0.3 is 14.2 Å². The normalized spacial score (nSPS) is 12.7. The van der Waals surface area contributed by atoms with Crippen LogP contribution in [0.5, 0.6) is 0 Å². The van der Waals surface area contributed by atoms with Crippen LogP contribution in [0.4, 0.5) is 0 Å². The molecule has 0 heterocycles. The van der Waals surface area contributed by atoms with Gasteiger partial charge in [-0.2, -0.15) is 0 Å². The number of ether oxygens (including phenoxy) is 3. The maximum Gasteiger partial charge on any atom is 0.306 e. The summed E-state index contributed by atoms with van der Waals surface area (Å²) in [4.78, 5) is 37.9. The number of hydrogen-bond donors (Lipinski definition) is 0. The van der Waals surface area contributed by atoms with E-state index in [0.29, 0.717) is 19.3 Å². The lowest BCUT2D eigenvalue weighted by Gasteiger charge is -2.18. The first-order valence-corrected chi connectivity index (χ1v) is 26.1. The van der Waals surface area contributed by atoms with Gasteiger partial charge in [-0.15, -0.1) is 0 Å². The topological polar surface area (TPSA) is 78.9 Å². The van der Waals surface area contributed by atoms with E-state index in [-0.39, 0.29) is 44.0 Å². The number of unbranched alkanes of at least 4 members (excludes halogenated alkanes) is 24. The van der Waals surface area contributed by atoms with Crippen molar-refractivity contribution in [3.8, 4) is 0 Å². The molecule has 0 aliphatic heterocycles. The fourth-order valence-electron chi connectivity index (χ4n) is 7.03. The Labute approximate surface area is 388 Å². The maximum atomic E-state index is 12.8. The van der Waals surface area contributed by atoms with E-state index in [1.54, 1.807) is 0 Å². The van der Waals surface area contributed by atoms with E-state index in [1.807, 2.05) is 42.5 Å². The van der Waals surface area contributed by atoms with Crippen LogP contribution in [0.25, 0.3) is 0 Å². The predicted molar refractivity (Wildman–Crippen MR) is 270 cm³/mol. The van der Waals surface area contributed by atoms with Gasteiger partial charge in [0.15, 0.2) is 6.10 Å². The zero-order chi connectivity index (χ0) is 45.8. The van der Waals surface area contributed by atoms with Crippen molar-refractivity contribution < 1.29 is 28.6 Å². The zero-order valence-corrected chi connectivity index (χ0v) is 41.1. The van der Waals surface area contributed by atoms with Crippen molar-refractivity contribution in [2.24, 2.45) is 0 Å².